The van der Waals surface area contributed by atoms with Gasteiger partial charge in [0.25, 0.3) is 0 Å². The Kier molecular flexibility index (Phi) is 17.9. The van der Waals surface area contributed by atoms with Crippen LogP contribution in [0.5, 0.6) is 0 Å². The molecule has 5 aliphatic rings. The first-order valence-electron chi connectivity index (χ1n) is 51.9. The Morgan fingerprint density at radius 1 is 0.248 bits per heavy atom. The molecule has 0 spiro atoms. The van der Waals surface area contributed by atoms with Gasteiger partial charge in [0.2, 0.25) is 0 Å². The third-order valence-electron chi connectivity index (χ3n) is 26.8. The molecule has 0 N–H and O–H groups in total. The molecule has 133 heavy (non-hydrogen) atoms. The number of anilines is 15. The molecule has 8 aromatic heterocycles. The standard InChI is InChI=1S/2C24H24N2O.2C23H23N3O.C21H19N3O/c2*1-15(2)25-17(4)26(21-11-7-6-10-20(21)25)23-16(3)13-14-19-18-9-5-8-12-22(18)27-24(19)23;2*1-14(2)25-16(4)26(23-19(25)9-7-13-24-23)21-15(3)11-12-18-17-8-5-6-10-20(17)27-22(18)21;1-13-10-11-16-15-7-4-5-9-18(15)25-20(16)19(13)24-14(2)23(3)17-8-6-12-22-21(17)24/h2*5-15,17H,1-4H3;2*5-14,16H,1-4H3;4-12,14H,1-3H3/t2*17-;2*16-;14-/m00000/s1/i1D3,15D;15D;1D3,14D;14D;3D3/t15?,17-;m;14?,16-;2m. The topological polar surface area (TPSA) is 137 Å². The van der Waals surface area contributed by atoms with E-state index in [-0.39, 0.29) is 12.3 Å². The second-order valence-electron chi connectivity index (χ2n) is 35.5. The van der Waals surface area contributed by atoms with Crippen molar-refractivity contribution in [3.63, 3.8) is 0 Å². The van der Waals surface area contributed by atoms with Gasteiger partial charge in [0.05, 0.1) is 73.7 Å². The Balaban J connectivity index is 0.000000107. The van der Waals surface area contributed by atoms with Crippen molar-refractivity contribution < 1.29 is 39.9 Å². The first kappa shape index (κ1) is 70.9. The van der Waals surface area contributed by atoms with Gasteiger partial charge in [-0.05, 0) is 243 Å². The molecule has 5 aliphatic heterocycles. The molecule has 668 valence electrons. The number of furan rings is 5. The lowest BCUT2D eigenvalue weighted by molar-refractivity contribution is 0.602. The Labute approximate surface area is 794 Å². The average molecular weight is 1770 g/mol. The summed E-state index contributed by atoms with van der Waals surface area (Å²) in [6, 6.07) is 83.1. The number of hydrogen-bond acceptors (Lipinski definition) is 18. The highest BCUT2D eigenvalue weighted by atomic mass is 16.3. The van der Waals surface area contributed by atoms with Gasteiger partial charge in [-0.15, -0.1) is 0 Å². The summed E-state index contributed by atoms with van der Waals surface area (Å²) in [6.07, 6.45) is 3.85. The molecule has 0 saturated heterocycles. The molecule has 0 saturated carbocycles. The van der Waals surface area contributed by atoms with Crippen LogP contribution < -0.4 is 49.0 Å². The minimum atomic E-state index is -2.51. The first-order valence-corrected chi connectivity index (χ1v) is 45.4. The van der Waals surface area contributed by atoms with E-state index in [0.29, 0.717) is 23.0 Å². The van der Waals surface area contributed by atoms with Crippen LogP contribution in [0.2, 0.25) is 0 Å². The van der Waals surface area contributed by atoms with Crippen LogP contribution in [0.3, 0.4) is 0 Å². The summed E-state index contributed by atoms with van der Waals surface area (Å²) >= 11 is 0. The van der Waals surface area contributed by atoms with Gasteiger partial charge in [0, 0.05) is 116 Å². The molecule has 0 fully saturated rings. The average Bonchev–Trinajstić information content (AvgIpc) is 1.59. The molecule has 0 aliphatic carbocycles. The largest absolute Gasteiger partial charge is 0.454 e. The monoisotopic (exact) mass is 1770 g/mol. The summed E-state index contributed by atoms with van der Waals surface area (Å²) in [5, 5.41) is 10.6. The van der Waals surface area contributed by atoms with Crippen molar-refractivity contribution in [2.24, 2.45) is 0 Å². The Morgan fingerprint density at radius 3 is 0.782 bits per heavy atom. The van der Waals surface area contributed by atoms with E-state index in [1.54, 1.807) is 40.4 Å². The van der Waals surface area contributed by atoms with E-state index in [9.17, 15) is 0 Å². The fraction of sp³-hybridized carbons (Fsp3) is 0.243. The third-order valence-corrected chi connectivity index (χ3v) is 26.8. The van der Waals surface area contributed by atoms with Crippen LogP contribution in [0.1, 0.15) is 136 Å². The quantitative estimate of drug-likeness (QED) is 0.135. The van der Waals surface area contributed by atoms with Gasteiger partial charge in [-0.3, -0.25) is 0 Å². The highest BCUT2D eigenvalue weighted by molar-refractivity contribution is 6.16. The van der Waals surface area contributed by atoms with Crippen LogP contribution >= 0.6 is 0 Å². The number of para-hydroxylation sites is 9. The maximum absolute atomic E-state index is 8.81. The zero-order chi connectivity index (χ0) is 103. The van der Waals surface area contributed by atoms with Crippen molar-refractivity contribution >= 4 is 195 Å². The molecule has 25 rings (SSSR count). The van der Waals surface area contributed by atoms with Gasteiger partial charge in [0.15, 0.2) is 45.4 Å². The number of fused-ring (bicyclic) bond motifs is 20. The Bertz CT molecular complexity index is 7870. The smallest absolute Gasteiger partial charge is 0.159 e. The Hall–Kier alpha value is -14.9. The summed E-state index contributed by atoms with van der Waals surface area (Å²) in [4.78, 5) is 33.5. The van der Waals surface area contributed by atoms with Crippen LogP contribution in [0, 0.1) is 34.6 Å². The molecule has 0 amide bonds. The molecular formula is C115H113N13O5. The van der Waals surface area contributed by atoms with Crippen molar-refractivity contribution in [2.75, 3.05) is 56.0 Å². The molecule has 18 heteroatoms. The van der Waals surface area contributed by atoms with Gasteiger partial charge in [-0.25, -0.2) is 15.0 Å². The minimum Gasteiger partial charge on any atom is -0.454 e. The number of hydrogen-bond donors (Lipinski definition) is 0. The normalized spacial score (nSPS) is 19.5. The van der Waals surface area contributed by atoms with Crippen molar-refractivity contribution in [1.29, 1.82) is 0 Å². The third kappa shape index (κ3) is 13.7. The van der Waals surface area contributed by atoms with Gasteiger partial charge < -0.3 is 71.1 Å². The van der Waals surface area contributed by atoms with Gasteiger partial charge in [0.1, 0.15) is 58.7 Å². The van der Waals surface area contributed by atoms with Gasteiger partial charge in [-0.1, -0.05) is 176 Å². The lowest BCUT2D eigenvalue weighted by Crippen LogP contribution is -2.42. The van der Waals surface area contributed by atoms with E-state index in [4.69, 9.17) is 44.9 Å². The lowest BCUT2D eigenvalue weighted by atomic mass is 10.1. The molecular weight excluding hydrogens is 1640 g/mol. The van der Waals surface area contributed by atoms with Crippen LogP contribution in [0.25, 0.3) is 110 Å². The number of benzene rings is 12. The number of rotatable bonds is 9. The summed E-state index contributed by atoms with van der Waals surface area (Å²) in [5.41, 5.74) is 24.2. The maximum Gasteiger partial charge on any atom is 0.159 e. The lowest BCUT2D eigenvalue weighted by Gasteiger charge is -2.33. The van der Waals surface area contributed by atoms with Crippen LogP contribution in [-0.4, -0.2) is 76.8 Å². The van der Waals surface area contributed by atoms with E-state index in [2.05, 4.69) is 147 Å². The van der Waals surface area contributed by atoms with Crippen molar-refractivity contribution in [3.05, 3.63) is 313 Å². The number of aryl methyl sites for hydroxylation is 5. The fourth-order valence-electron chi connectivity index (χ4n) is 21.1. The predicted molar refractivity (Wildman–Crippen MR) is 555 cm³/mol. The van der Waals surface area contributed by atoms with E-state index in [1.807, 2.05) is 249 Å². The van der Waals surface area contributed by atoms with E-state index >= 15 is 0 Å². The molecule has 18 nitrogen and oxygen atoms in total. The van der Waals surface area contributed by atoms with Crippen LogP contribution in [0.15, 0.2) is 308 Å². The zero-order valence-corrected chi connectivity index (χ0v) is 77.4. The van der Waals surface area contributed by atoms with Gasteiger partial charge in [-0.2, -0.15) is 0 Å². The van der Waals surface area contributed by atoms with Gasteiger partial charge >= 0.3 is 0 Å². The van der Waals surface area contributed by atoms with Crippen molar-refractivity contribution in [3.8, 4) is 0 Å². The Morgan fingerprint density at radius 2 is 0.481 bits per heavy atom. The van der Waals surface area contributed by atoms with E-state index in [1.165, 1.54) is 18.7 Å². The fourth-order valence-corrected chi connectivity index (χ4v) is 21.1. The molecule has 20 aromatic rings. The summed E-state index contributed by atoms with van der Waals surface area (Å²) in [6.45, 7) is 23.6. The second kappa shape index (κ2) is 33.5. The summed E-state index contributed by atoms with van der Waals surface area (Å²) in [5.74, 6) is 2.11. The molecule has 7 atom stereocenters. The number of pyridine rings is 3. The number of aromatic nitrogens is 3. The first-order chi connectivity index (χ1) is 69.4. The zero-order valence-electron chi connectivity index (χ0n) is 90.4. The predicted octanol–water partition coefficient (Wildman–Crippen LogP) is 30.4. The van der Waals surface area contributed by atoms with Crippen LogP contribution in [-0.2, 0) is 0 Å². The van der Waals surface area contributed by atoms with E-state index in [0.717, 1.165) is 200 Å². The molecule has 12 aromatic carbocycles. The highest BCUT2D eigenvalue weighted by Crippen LogP contribution is 2.56. The second-order valence-corrected chi connectivity index (χ2v) is 35.5. The number of nitrogens with zero attached hydrogens (tertiary/aromatic N) is 13. The molecule has 13 heterocycles. The maximum atomic E-state index is 8.81. The van der Waals surface area contributed by atoms with Crippen LogP contribution in [0.4, 0.5) is 85.7 Å². The minimum absolute atomic E-state index is 0.00223. The molecule has 0 bridgehead atoms. The highest BCUT2D eigenvalue weighted by Gasteiger charge is 2.44. The van der Waals surface area contributed by atoms with Crippen molar-refractivity contribution in [1.82, 2.24) is 15.0 Å². The summed E-state index contributed by atoms with van der Waals surface area (Å²) in [7, 11) is 0. The van der Waals surface area contributed by atoms with E-state index < -0.39 is 63.2 Å². The molecule has 2 unspecified atom stereocenters. The SMILES string of the molecule is [2H]C(C)(C)N1c2ccccc2N(c2c(C)ccc3c2oc2ccccc23)[C@H]1C.[2H]C(C)(C)N1c2cccnc2N(c2c(C)ccc3c2oc2ccccc23)[C@H]1C.[2H]C([2H])([2H])C([2H])(C)N1c2ccccc2N(c2c(C)ccc3c2oc2ccccc23)[C@H]1C.[2H]C([2H])([2H])C([2H])(C)N1c2cccnc2N(c2c(C)ccc3c2oc2ccccc23)[C@H]1C.[2H]C([2H])([2H])N1c2cccnc2N(c2c(C)ccc3c2oc2ccccc23)[C@H]1C. The van der Waals surface area contributed by atoms with Crippen molar-refractivity contribution in [2.45, 2.75) is 179 Å². The molecule has 0 radical (unpaired) electrons. The summed E-state index contributed by atoms with van der Waals surface area (Å²) < 4.78 is 139.